The van der Waals surface area contributed by atoms with E-state index in [0.29, 0.717) is 31.2 Å². The number of halogens is 1. The molecule has 0 bridgehead atoms. The van der Waals surface area contributed by atoms with Crippen LogP contribution in [0.25, 0.3) is 0 Å². The lowest BCUT2D eigenvalue weighted by atomic mass is 10.1. The van der Waals surface area contributed by atoms with Gasteiger partial charge in [-0.3, -0.25) is 4.79 Å². The zero-order chi connectivity index (χ0) is 20.6. The molecule has 0 aliphatic rings. The second-order valence-electron chi connectivity index (χ2n) is 7.99. The van der Waals surface area contributed by atoms with Gasteiger partial charge in [-0.15, -0.1) is 0 Å². The average Bonchev–Trinajstić information content (AvgIpc) is 2.51. The lowest BCUT2D eigenvalue weighted by Gasteiger charge is -2.25. The summed E-state index contributed by atoms with van der Waals surface area (Å²) in [5, 5.41) is 6.14. The summed E-state index contributed by atoms with van der Waals surface area (Å²) in [5.41, 5.74) is 1.30. The van der Waals surface area contributed by atoms with Crippen molar-refractivity contribution in [2.24, 2.45) is 4.99 Å². The molecule has 0 aliphatic heterocycles. The molecular weight excluding hydrogens is 345 g/mol. The van der Waals surface area contributed by atoms with Gasteiger partial charge in [0.25, 0.3) is 0 Å². The first kappa shape index (κ1) is 22.9. The Morgan fingerprint density at radius 1 is 1.22 bits per heavy atom. The Hall–Kier alpha value is -2.15. The Bertz CT molecular complexity index is 652. The van der Waals surface area contributed by atoms with Gasteiger partial charge in [0.05, 0.1) is 13.1 Å². The Kier molecular flexibility index (Phi) is 8.69. The molecule has 0 heterocycles. The van der Waals surface area contributed by atoms with Crippen LogP contribution in [-0.4, -0.2) is 61.4 Å². The number of likely N-dealkylation sites (N-methyl/N-ethyl adjacent to an activating group) is 1. The highest BCUT2D eigenvalue weighted by Crippen LogP contribution is 2.13. The number of nitrogens with one attached hydrogen (secondary N) is 2. The Labute approximate surface area is 162 Å². The predicted molar refractivity (Wildman–Crippen MR) is 109 cm³/mol. The predicted octanol–water partition coefficient (Wildman–Crippen LogP) is 2.20. The first-order chi connectivity index (χ1) is 12.5. The van der Waals surface area contributed by atoms with Crippen LogP contribution >= 0.6 is 0 Å². The van der Waals surface area contributed by atoms with Gasteiger partial charge in [0, 0.05) is 31.2 Å². The first-order valence-corrected chi connectivity index (χ1v) is 9.24. The third kappa shape index (κ3) is 8.86. The van der Waals surface area contributed by atoms with Crippen LogP contribution in [0.3, 0.4) is 0 Å². The van der Waals surface area contributed by atoms with Gasteiger partial charge >= 0.3 is 0 Å². The van der Waals surface area contributed by atoms with E-state index in [-0.39, 0.29) is 23.8 Å². The molecule has 0 aliphatic carbocycles. The second kappa shape index (κ2) is 10.3. The molecule has 27 heavy (non-hydrogen) atoms. The maximum atomic E-state index is 13.9. The normalized spacial score (nSPS) is 12.3. The van der Waals surface area contributed by atoms with Crippen LogP contribution in [-0.2, 0) is 17.9 Å². The van der Waals surface area contributed by atoms with Gasteiger partial charge in [0.1, 0.15) is 5.82 Å². The molecule has 1 amide bonds. The minimum absolute atomic E-state index is 0.0642. The summed E-state index contributed by atoms with van der Waals surface area (Å²) in [7, 11) is 5.64. The van der Waals surface area contributed by atoms with Crippen molar-refractivity contribution in [2.45, 2.75) is 46.3 Å². The van der Waals surface area contributed by atoms with Crippen LogP contribution in [0.15, 0.2) is 23.2 Å². The molecule has 0 aromatic heterocycles. The third-order valence-corrected chi connectivity index (χ3v) is 3.60. The number of aliphatic imine (C=N–C) groups is 1. The standard InChI is InChI=1S/C20H34FN5O/c1-8-22-19(26(7)14-18(27)24-20(2,3)4)23-12-15-9-10-17(21)16(11-15)13-25(5)6/h9-11H,8,12-14H2,1-7H3,(H,22,23)(H,24,27). The molecule has 0 atom stereocenters. The molecule has 152 valence electrons. The molecule has 0 radical (unpaired) electrons. The zero-order valence-corrected chi connectivity index (χ0v) is 17.7. The number of benzene rings is 1. The third-order valence-electron chi connectivity index (χ3n) is 3.60. The number of guanidine groups is 1. The lowest BCUT2D eigenvalue weighted by molar-refractivity contribution is -0.122. The number of hydrogen-bond acceptors (Lipinski definition) is 3. The minimum Gasteiger partial charge on any atom is -0.357 e. The summed E-state index contributed by atoms with van der Waals surface area (Å²) in [6.07, 6.45) is 0. The van der Waals surface area contributed by atoms with Crippen LogP contribution in [0.1, 0.15) is 38.8 Å². The lowest BCUT2D eigenvalue weighted by Crippen LogP contribution is -2.48. The largest absolute Gasteiger partial charge is 0.357 e. The summed E-state index contributed by atoms with van der Waals surface area (Å²) in [6.45, 7) is 9.67. The van der Waals surface area contributed by atoms with Crippen molar-refractivity contribution in [3.8, 4) is 0 Å². The zero-order valence-electron chi connectivity index (χ0n) is 17.7. The fourth-order valence-electron chi connectivity index (χ4n) is 2.57. The van der Waals surface area contributed by atoms with Crippen LogP contribution in [0, 0.1) is 5.82 Å². The van der Waals surface area contributed by atoms with Crippen LogP contribution in [0.4, 0.5) is 4.39 Å². The van der Waals surface area contributed by atoms with Crippen molar-refractivity contribution in [3.05, 3.63) is 35.1 Å². The van der Waals surface area contributed by atoms with E-state index in [4.69, 9.17) is 0 Å². The highest BCUT2D eigenvalue weighted by Gasteiger charge is 2.16. The number of rotatable bonds is 7. The molecule has 0 saturated heterocycles. The fourth-order valence-corrected chi connectivity index (χ4v) is 2.57. The Morgan fingerprint density at radius 2 is 1.89 bits per heavy atom. The molecule has 1 rings (SSSR count). The van der Waals surface area contributed by atoms with E-state index in [1.165, 1.54) is 6.07 Å². The number of hydrogen-bond donors (Lipinski definition) is 2. The van der Waals surface area contributed by atoms with E-state index < -0.39 is 0 Å². The molecule has 7 heteroatoms. The maximum absolute atomic E-state index is 13.9. The first-order valence-electron chi connectivity index (χ1n) is 9.24. The molecule has 0 unspecified atom stereocenters. The van der Waals surface area contributed by atoms with E-state index in [2.05, 4.69) is 15.6 Å². The highest BCUT2D eigenvalue weighted by molar-refractivity contribution is 5.86. The molecule has 0 fully saturated rings. The van der Waals surface area contributed by atoms with Gasteiger partial charge in [0.2, 0.25) is 5.91 Å². The Balaban J connectivity index is 2.85. The van der Waals surface area contributed by atoms with Crippen LogP contribution in [0.5, 0.6) is 0 Å². The molecule has 1 aromatic carbocycles. The number of nitrogens with zero attached hydrogens (tertiary/aromatic N) is 3. The summed E-state index contributed by atoms with van der Waals surface area (Å²) in [4.78, 5) is 20.5. The molecule has 0 spiro atoms. The van der Waals surface area contributed by atoms with E-state index in [1.807, 2.05) is 59.8 Å². The summed E-state index contributed by atoms with van der Waals surface area (Å²) in [6, 6.07) is 5.07. The summed E-state index contributed by atoms with van der Waals surface area (Å²) >= 11 is 0. The van der Waals surface area contributed by atoms with Gasteiger partial charge in [-0.2, -0.15) is 0 Å². The molecular formula is C20H34FN5O. The second-order valence-corrected chi connectivity index (χ2v) is 7.99. The number of carbonyl (C=O) groups is 1. The van der Waals surface area contributed by atoms with Crippen molar-refractivity contribution >= 4 is 11.9 Å². The number of carbonyl (C=O) groups excluding carboxylic acids is 1. The van der Waals surface area contributed by atoms with Crippen molar-refractivity contribution in [3.63, 3.8) is 0 Å². The topological polar surface area (TPSA) is 60.0 Å². The van der Waals surface area contributed by atoms with Crippen molar-refractivity contribution in [1.29, 1.82) is 0 Å². The number of amides is 1. The van der Waals surface area contributed by atoms with Crippen molar-refractivity contribution < 1.29 is 9.18 Å². The van der Waals surface area contributed by atoms with Gasteiger partial charge in [-0.25, -0.2) is 9.38 Å². The monoisotopic (exact) mass is 379 g/mol. The van der Waals surface area contributed by atoms with E-state index >= 15 is 0 Å². The van der Waals surface area contributed by atoms with E-state index in [1.54, 1.807) is 11.0 Å². The molecule has 1 aromatic rings. The smallest absolute Gasteiger partial charge is 0.240 e. The van der Waals surface area contributed by atoms with Crippen LogP contribution < -0.4 is 10.6 Å². The SMILES string of the molecule is CCNC(=NCc1ccc(F)c(CN(C)C)c1)N(C)CC(=O)NC(C)(C)C. The quantitative estimate of drug-likeness (QED) is 0.563. The minimum atomic E-state index is -0.273. The summed E-state index contributed by atoms with van der Waals surface area (Å²) < 4.78 is 13.9. The molecule has 2 N–H and O–H groups in total. The molecule has 0 saturated carbocycles. The van der Waals surface area contributed by atoms with Gasteiger partial charge < -0.3 is 20.4 Å². The van der Waals surface area contributed by atoms with E-state index in [0.717, 1.165) is 5.56 Å². The van der Waals surface area contributed by atoms with Gasteiger partial charge in [0.15, 0.2) is 5.96 Å². The average molecular weight is 380 g/mol. The van der Waals surface area contributed by atoms with Crippen LogP contribution in [0.2, 0.25) is 0 Å². The van der Waals surface area contributed by atoms with Gasteiger partial charge in [-0.1, -0.05) is 6.07 Å². The maximum Gasteiger partial charge on any atom is 0.240 e. The Morgan fingerprint density at radius 3 is 2.44 bits per heavy atom. The van der Waals surface area contributed by atoms with Crippen molar-refractivity contribution in [2.75, 3.05) is 34.2 Å². The highest BCUT2D eigenvalue weighted by atomic mass is 19.1. The van der Waals surface area contributed by atoms with E-state index in [9.17, 15) is 9.18 Å². The summed E-state index contributed by atoms with van der Waals surface area (Å²) in [5.74, 6) is 0.366. The molecule has 6 nitrogen and oxygen atoms in total. The van der Waals surface area contributed by atoms with Gasteiger partial charge in [-0.05, 0) is 59.5 Å². The fraction of sp³-hybridized carbons (Fsp3) is 0.600. The van der Waals surface area contributed by atoms with Crippen molar-refractivity contribution in [1.82, 2.24) is 20.4 Å².